The second kappa shape index (κ2) is 4.89. The minimum absolute atomic E-state index is 0.231. The highest BCUT2D eigenvalue weighted by Gasteiger charge is 2.21. The minimum Gasteiger partial charge on any atom is -0.332 e. The normalized spacial score (nSPS) is 20.2. The maximum Gasteiger partial charge on any atom is 0.276 e. The van der Waals surface area contributed by atoms with E-state index in [1.807, 2.05) is 17.7 Å². The summed E-state index contributed by atoms with van der Waals surface area (Å²) in [6.45, 7) is 3.86. The Bertz CT molecular complexity index is 512. The van der Waals surface area contributed by atoms with Crippen LogP contribution in [0, 0.1) is 0 Å². The fraction of sp³-hybridized carbons (Fsp3) is 0.583. The SMILES string of the molecule is CCn1nccc1-c1nc(C2CCCCN2)no1. The molecular formula is C12H17N5O. The Hall–Kier alpha value is -1.69. The van der Waals surface area contributed by atoms with Gasteiger partial charge in [-0.1, -0.05) is 11.6 Å². The van der Waals surface area contributed by atoms with Crippen LogP contribution in [0.4, 0.5) is 0 Å². The number of piperidine rings is 1. The average Bonchev–Trinajstić information content (AvgIpc) is 3.08. The van der Waals surface area contributed by atoms with Crippen LogP contribution in [0.1, 0.15) is 38.1 Å². The highest BCUT2D eigenvalue weighted by atomic mass is 16.5. The van der Waals surface area contributed by atoms with Crippen LogP contribution < -0.4 is 5.32 Å². The fourth-order valence-corrected chi connectivity index (χ4v) is 2.32. The number of rotatable bonds is 3. The van der Waals surface area contributed by atoms with Crippen LogP contribution >= 0.6 is 0 Å². The van der Waals surface area contributed by atoms with Gasteiger partial charge >= 0.3 is 0 Å². The van der Waals surface area contributed by atoms with Crippen molar-refractivity contribution in [1.82, 2.24) is 25.2 Å². The summed E-state index contributed by atoms with van der Waals surface area (Å²) in [5, 5.41) is 11.7. The lowest BCUT2D eigenvalue weighted by Gasteiger charge is -2.19. The van der Waals surface area contributed by atoms with Crippen molar-refractivity contribution >= 4 is 0 Å². The van der Waals surface area contributed by atoms with Crippen LogP contribution in [-0.4, -0.2) is 26.5 Å². The summed E-state index contributed by atoms with van der Waals surface area (Å²) in [7, 11) is 0. The zero-order valence-corrected chi connectivity index (χ0v) is 10.5. The van der Waals surface area contributed by atoms with Gasteiger partial charge in [0.25, 0.3) is 5.89 Å². The summed E-state index contributed by atoms with van der Waals surface area (Å²) in [4.78, 5) is 4.48. The summed E-state index contributed by atoms with van der Waals surface area (Å²) in [6.07, 6.45) is 5.27. The number of aryl methyl sites for hydroxylation is 1. The summed E-state index contributed by atoms with van der Waals surface area (Å²) < 4.78 is 7.20. The minimum atomic E-state index is 0.231. The molecule has 0 saturated carbocycles. The molecule has 1 N–H and O–H groups in total. The molecule has 96 valence electrons. The van der Waals surface area contributed by atoms with Crippen LogP contribution in [0.5, 0.6) is 0 Å². The molecule has 0 spiro atoms. The number of hydrogen-bond donors (Lipinski definition) is 1. The van der Waals surface area contributed by atoms with Crippen molar-refractivity contribution in [2.24, 2.45) is 0 Å². The van der Waals surface area contributed by atoms with Crippen LogP contribution in [0.15, 0.2) is 16.8 Å². The Kier molecular flexibility index (Phi) is 3.10. The first-order valence-corrected chi connectivity index (χ1v) is 6.47. The monoisotopic (exact) mass is 247 g/mol. The van der Waals surface area contributed by atoms with Gasteiger partial charge < -0.3 is 9.84 Å². The van der Waals surface area contributed by atoms with E-state index in [0.29, 0.717) is 5.89 Å². The lowest BCUT2D eigenvalue weighted by atomic mass is 10.0. The molecule has 0 aliphatic carbocycles. The number of nitrogens with one attached hydrogen (secondary N) is 1. The molecule has 3 rings (SSSR count). The smallest absolute Gasteiger partial charge is 0.276 e. The first-order chi connectivity index (χ1) is 8.88. The van der Waals surface area contributed by atoms with Gasteiger partial charge in [0, 0.05) is 12.7 Å². The van der Waals surface area contributed by atoms with Gasteiger partial charge in [0.1, 0.15) is 5.69 Å². The van der Waals surface area contributed by atoms with Crippen molar-refractivity contribution in [1.29, 1.82) is 0 Å². The molecule has 1 fully saturated rings. The molecule has 3 heterocycles. The Morgan fingerprint density at radius 2 is 2.44 bits per heavy atom. The Morgan fingerprint density at radius 1 is 1.50 bits per heavy atom. The fourth-order valence-electron chi connectivity index (χ4n) is 2.32. The molecule has 1 aliphatic rings. The molecule has 1 saturated heterocycles. The van der Waals surface area contributed by atoms with Crippen LogP contribution in [0.3, 0.4) is 0 Å². The number of hydrogen-bond acceptors (Lipinski definition) is 5. The van der Waals surface area contributed by atoms with Crippen molar-refractivity contribution < 1.29 is 4.52 Å². The van der Waals surface area contributed by atoms with E-state index in [1.165, 1.54) is 12.8 Å². The second-order valence-electron chi connectivity index (χ2n) is 4.49. The van der Waals surface area contributed by atoms with Gasteiger partial charge in [0.15, 0.2) is 5.82 Å². The summed E-state index contributed by atoms with van der Waals surface area (Å²) in [6, 6.07) is 2.13. The van der Waals surface area contributed by atoms with Gasteiger partial charge in [-0.15, -0.1) is 0 Å². The van der Waals surface area contributed by atoms with E-state index in [2.05, 4.69) is 20.6 Å². The van der Waals surface area contributed by atoms with E-state index in [-0.39, 0.29) is 6.04 Å². The largest absolute Gasteiger partial charge is 0.332 e. The number of aromatic nitrogens is 4. The molecule has 6 heteroatoms. The molecule has 1 unspecified atom stereocenters. The molecule has 0 amide bonds. The predicted octanol–water partition coefficient (Wildman–Crippen LogP) is 1.77. The van der Waals surface area contributed by atoms with E-state index in [9.17, 15) is 0 Å². The average molecular weight is 247 g/mol. The van der Waals surface area contributed by atoms with E-state index >= 15 is 0 Å². The van der Waals surface area contributed by atoms with E-state index < -0.39 is 0 Å². The van der Waals surface area contributed by atoms with Crippen LogP contribution in [-0.2, 0) is 6.54 Å². The van der Waals surface area contributed by atoms with E-state index in [0.717, 1.165) is 31.0 Å². The first kappa shape index (κ1) is 11.4. The van der Waals surface area contributed by atoms with Gasteiger partial charge in [-0.3, -0.25) is 4.68 Å². The lowest BCUT2D eigenvalue weighted by Crippen LogP contribution is -2.27. The van der Waals surface area contributed by atoms with E-state index in [1.54, 1.807) is 6.20 Å². The van der Waals surface area contributed by atoms with Gasteiger partial charge in [-0.25, -0.2) is 0 Å². The predicted molar refractivity (Wildman–Crippen MR) is 65.8 cm³/mol. The number of nitrogens with zero attached hydrogens (tertiary/aromatic N) is 4. The molecule has 6 nitrogen and oxygen atoms in total. The third kappa shape index (κ3) is 2.03. The van der Waals surface area contributed by atoms with Gasteiger partial charge in [-0.2, -0.15) is 10.1 Å². The molecular weight excluding hydrogens is 230 g/mol. The van der Waals surface area contributed by atoms with Crippen LogP contribution in [0.25, 0.3) is 11.6 Å². The molecule has 0 aromatic carbocycles. The molecule has 2 aromatic heterocycles. The Labute approximate surface area is 105 Å². The molecule has 1 aliphatic heterocycles. The van der Waals surface area contributed by atoms with E-state index in [4.69, 9.17) is 4.52 Å². The Balaban J connectivity index is 1.84. The van der Waals surface area contributed by atoms with Crippen molar-refractivity contribution in [3.05, 3.63) is 18.1 Å². The highest BCUT2D eigenvalue weighted by Crippen LogP contribution is 2.23. The second-order valence-corrected chi connectivity index (χ2v) is 4.49. The summed E-state index contributed by atoms with van der Waals surface area (Å²) >= 11 is 0. The van der Waals surface area contributed by atoms with Crippen LogP contribution in [0.2, 0.25) is 0 Å². The first-order valence-electron chi connectivity index (χ1n) is 6.47. The zero-order valence-electron chi connectivity index (χ0n) is 10.5. The molecule has 1 atom stereocenters. The lowest BCUT2D eigenvalue weighted by molar-refractivity contribution is 0.366. The van der Waals surface area contributed by atoms with Crippen molar-refractivity contribution in [2.45, 2.75) is 38.8 Å². The van der Waals surface area contributed by atoms with Gasteiger partial charge in [-0.05, 0) is 32.4 Å². The quantitative estimate of drug-likeness (QED) is 0.895. The van der Waals surface area contributed by atoms with Crippen molar-refractivity contribution in [3.63, 3.8) is 0 Å². The maximum absolute atomic E-state index is 5.34. The van der Waals surface area contributed by atoms with Crippen molar-refractivity contribution in [2.75, 3.05) is 6.54 Å². The molecule has 0 bridgehead atoms. The summed E-state index contributed by atoms with van der Waals surface area (Å²) in [5.74, 6) is 1.31. The third-order valence-corrected chi connectivity index (χ3v) is 3.30. The zero-order chi connectivity index (χ0) is 12.4. The molecule has 2 aromatic rings. The van der Waals surface area contributed by atoms with Gasteiger partial charge in [0.2, 0.25) is 0 Å². The Morgan fingerprint density at radius 3 is 3.22 bits per heavy atom. The highest BCUT2D eigenvalue weighted by molar-refractivity contribution is 5.46. The topological polar surface area (TPSA) is 68.8 Å². The molecule has 0 radical (unpaired) electrons. The standard InChI is InChI=1S/C12H17N5O/c1-2-17-10(6-8-14-17)12-15-11(16-18-12)9-5-3-4-7-13-9/h6,8-9,13H,2-5,7H2,1H3. The molecule has 18 heavy (non-hydrogen) atoms. The van der Waals surface area contributed by atoms with Gasteiger partial charge in [0.05, 0.1) is 6.04 Å². The maximum atomic E-state index is 5.34. The summed E-state index contributed by atoms with van der Waals surface area (Å²) in [5.41, 5.74) is 0.882. The van der Waals surface area contributed by atoms with Crippen molar-refractivity contribution in [3.8, 4) is 11.6 Å². The third-order valence-electron chi connectivity index (χ3n) is 3.30.